The molecular weight excluding hydrogens is 222 g/mol. The maximum absolute atomic E-state index is 11.0. The zero-order valence-corrected chi connectivity index (χ0v) is 9.84. The van der Waals surface area contributed by atoms with E-state index in [1.807, 2.05) is 13.8 Å². The summed E-state index contributed by atoms with van der Waals surface area (Å²) in [5.74, 6) is -0.988. The van der Waals surface area contributed by atoms with E-state index in [1.165, 1.54) is 0 Å². The third-order valence-electron chi connectivity index (χ3n) is 2.33. The van der Waals surface area contributed by atoms with E-state index in [-0.39, 0.29) is 17.6 Å². The van der Waals surface area contributed by atoms with Crippen LogP contribution in [0, 0.1) is 0 Å². The predicted octanol–water partition coefficient (Wildman–Crippen LogP) is 1.90. The number of aromatic carboxylic acids is 1. The summed E-state index contributed by atoms with van der Waals surface area (Å²) in [7, 11) is 1.77. The van der Waals surface area contributed by atoms with Gasteiger partial charge < -0.3 is 9.52 Å². The number of hydrogen-bond donors (Lipinski definition) is 1. The molecule has 0 aliphatic carbocycles. The van der Waals surface area contributed by atoms with Crippen LogP contribution in [0.2, 0.25) is 0 Å². The van der Waals surface area contributed by atoms with Gasteiger partial charge in [0.2, 0.25) is 11.7 Å². The van der Waals surface area contributed by atoms with Crippen LogP contribution in [0.4, 0.5) is 0 Å². The molecule has 17 heavy (non-hydrogen) atoms. The molecule has 90 valence electrons. The van der Waals surface area contributed by atoms with E-state index in [9.17, 15) is 4.79 Å². The van der Waals surface area contributed by atoms with Crippen molar-refractivity contribution in [3.63, 3.8) is 0 Å². The van der Waals surface area contributed by atoms with Gasteiger partial charge in [-0.15, -0.1) is 0 Å². The van der Waals surface area contributed by atoms with Crippen LogP contribution in [0.3, 0.4) is 0 Å². The van der Waals surface area contributed by atoms with Gasteiger partial charge in [0.25, 0.3) is 0 Å². The molecule has 0 radical (unpaired) electrons. The minimum absolute atomic E-state index is 0.0117. The van der Waals surface area contributed by atoms with Crippen molar-refractivity contribution in [2.75, 3.05) is 0 Å². The van der Waals surface area contributed by atoms with Crippen LogP contribution >= 0.6 is 0 Å². The van der Waals surface area contributed by atoms with Gasteiger partial charge in [-0.3, -0.25) is 4.68 Å². The largest absolute Gasteiger partial charge is 0.475 e. The molecule has 2 aromatic heterocycles. The lowest BCUT2D eigenvalue weighted by molar-refractivity contribution is 0.0661. The molecule has 2 aromatic rings. The average Bonchev–Trinajstić information content (AvgIpc) is 2.82. The topological polar surface area (TPSA) is 81.2 Å². The number of carbonyl (C=O) groups is 1. The molecule has 0 aromatic carbocycles. The maximum atomic E-state index is 11.0. The summed E-state index contributed by atoms with van der Waals surface area (Å²) in [6.07, 6.45) is 1.75. The lowest BCUT2D eigenvalue weighted by Gasteiger charge is -1.98. The highest BCUT2D eigenvalue weighted by Crippen LogP contribution is 2.25. The molecule has 0 bridgehead atoms. The number of rotatable bonds is 3. The summed E-state index contributed by atoms with van der Waals surface area (Å²) in [4.78, 5) is 15.2. The number of nitrogens with zero attached hydrogens (tertiary/aromatic N) is 3. The molecule has 0 saturated carbocycles. The minimum atomic E-state index is -1.11. The molecule has 0 unspecified atom stereocenters. The van der Waals surface area contributed by atoms with Crippen molar-refractivity contribution < 1.29 is 14.3 Å². The third kappa shape index (κ3) is 2.06. The Balaban J connectivity index is 2.50. The van der Waals surface area contributed by atoms with Crippen LogP contribution in [0.25, 0.3) is 11.6 Å². The van der Waals surface area contributed by atoms with Gasteiger partial charge in [0, 0.05) is 13.2 Å². The summed E-state index contributed by atoms with van der Waals surface area (Å²) >= 11 is 0. The Labute approximate surface area is 97.9 Å². The molecule has 6 nitrogen and oxygen atoms in total. The Morgan fingerprint density at radius 2 is 2.24 bits per heavy atom. The summed E-state index contributed by atoms with van der Waals surface area (Å²) in [5.41, 5.74) is 0.972. The average molecular weight is 235 g/mol. The van der Waals surface area contributed by atoms with E-state index in [1.54, 1.807) is 24.0 Å². The number of carboxylic acid groups (broad SMARTS) is 1. The fourth-order valence-corrected chi connectivity index (χ4v) is 1.52. The van der Waals surface area contributed by atoms with E-state index in [4.69, 9.17) is 9.52 Å². The summed E-state index contributed by atoms with van der Waals surface area (Å²) in [6.45, 7) is 3.74. The van der Waals surface area contributed by atoms with Gasteiger partial charge in [0.15, 0.2) is 0 Å². The van der Waals surface area contributed by atoms with Crippen LogP contribution in [-0.2, 0) is 7.05 Å². The number of carboxylic acids is 1. The molecule has 0 aliphatic heterocycles. The molecule has 0 atom stereocenters. The standard InChI is InChI=1S/C11H13N3O3/c1-6(2)8-9(11(15)16)17-10(12-8)7-4-5-14(3)13-7/h4-6H,1-3H3,(H,15,16). The second-order valence-electron chi connectivity index (χ2n) is 4.07. The van der Waals surface area contributed by atoms with E-state index in [0.29, 0.717) is 11.4 Å². The smallest absolute Gasteiger partial charge is 0.373 e. The molecule has 0 aliphatic rings. The normalized spacial score (nSPS) is 11.1. The summed E-state index contributed by atoms with van der Waals surface area (Å²) in [6, 6.07) is 1.72. The van der Waals surface area contributed by atoms with Crippen LogP contribution < -0.4 is 0 Å². The number of aromatic nitrogens is 3. The fraction of sp³-hybridized carbons (Fsp3) is 0.364. The van der Waals surface area contributed by atoms with Crippen LogP contribution in [0.15, 0.2) is 16.7 Å². The number of hydrogen-bond acceptors (Lipinski definition) is 4. The van der Waals surface area contributed by atoms with Gasteiger partial charge >= 0.3 is 5.97 Å². The van der Waals surface area contributed by atoms with Crippen molar-refractivity contribution in [3.8, 4) is 11.6 Å². The number of aryl methyl sites for hydroxylation is 1. The van der Waals surface area contributed by atoms with Crippen molar-refractivity contribution in [2.45, 2.75) is 19.8 Å². The first-order valence-electron chi connectivity index (χ1n) is 5.23. The van der Waals surface area contributed by atoms with E-state index in [2.05, 4.69) is 10.1 Å². The molecule has 2 rings (SSSR count). The molecule has 1 N–H and O–H groups in total. The first kappa shape index (κ1) is 11.4. The molecule has 0 saturated heterocycles. The zero-order valence-electron chi connectivity index (χ0n) is 9.84. The summed E-state index contributed by atoms with van der Waals surface area (Å²) in [5, 5.41) is 13.1. The second-order valence-corrected chi connectivity index (χ2v) is 4.07. The van der Waals surface area contributed by atoms with Crippen molar-refractivity contribution >= 4 is 5.97 Å². The van der Waals surface area contributed by atoms with Crippen molar-refractivity contribution in [1.82, 2.24) is 14.8 Å². The zero-order chi connectivity index (χ0) is 12.6. The maximum Gasteiger partial charge on any atom is 0.373 e. The quantitative estimate of drug-likeness (QED) is 0.878. The van der Waals surface area contributed by atoms with Crippen LogP contribution in [0.1, 0.15) is 36.0 Å². The molecule has 0 fully saturated rings. The van der Waals surface area contributed by atoms with Gasteiger partial charge in [-0.05, 0) is 12.0 Å². The lowest BCUT2D eigenvalue weighted by Crippen LogP contribution is -2.01. The molecule has 2 heterocycles. The Morgan fingerprint density at radius 3 is 2.65 bits per heavy atom. The van der Waals surface area contributed by atoms with Gasteiger partial charge in [0.1, 0.15) is 5.69 Å². The molecular formula is C11H13N3O3. The third-order valence-corrected chi connectivity index (χ3v) is 2.33. The highest BCUT2D eigenvalue weighted by Gasteiger charge is 2.23. The molecule has 0 amide bonds. The molecule has 0 spiro atoms. The summed E-state index contributed by atoms with van der Waals surface area (Å²) < 4.78 is 6.86. The Bertz CT molecular complexity index is 554. The van der Waals surface area contributed by atoms with Crippen molar-refractivity contribution in [1.29, 1.82) is 0 Å². The van der Waals surface area contributed by atoms with Crippen molar-refractivity contribution in [3.05, 3.63) is 23.7 Å². The second kappa shape index (κ2) is 4.04. The van der Waals surface area contributed by atoms with Crippen LogP contribution in [-0.4, -0.2) is 25.8 Å². The van der Waals surface area contributed by atoms with Crippen LogP contribution in [0.5, 0.6) is 0 Å². The van der Waals surface area contributed by atoms with Crippen molar-refractivity contribution in [2.24, 2.45) is 7.05 Å². The van der Waals surface area contributed by atoms with E-state index in [0.717, 1.165) is 0 Å². The molecule has 6 heteroatoms. The van der Waals surface area contributed by atoms with E-state index >= 15 is 0 Å². The highest BCUT2D eigenvalue weighted by atomic mass is 16.4. The lowest BCUT2D eigenvalue weighted by atomic mass is 10.1. The fourth-order valence-electron chi connectivity index (χ4n) is 1.52. The highest BCUT2D eigenvalue weighted by molar-refractivity contribution is 5.86. The van der Waals surface area contributed by atoms with Gasteiger partial charge in [-0.1, -0.05) is 13.8 Å². The monoisotopic (exact) mass is 235 g/mol. The Morgan fingerprint density at radius 1 is 1.53 bits per heavy atom. The predicted molar refractivity (Wildman–Crippen MR) is 59.8 cm³/mol. The Kier molecular flexibility index (Phi) is 2.71. The minimum Gasteiger partial charge on any atom is -0.475 e. The SMILES string of the molecule is CC(C)c1nc(-c2ccn(C)n2)oc1C(=O)O. The van der Waals surface area contributed by atoms with Gasteiger partial charge in [0.05, 0.1) is 5.69 Å². The Hall–Kier alpha value is -2.11. The van der Waals surface area contributed by atoms with Gasteiger partial charge in [-0.25, -0.2) is 9.78 Å². The van der Waals surface area contributed by atoms with E-state index < -0.39 is 5.97 Å². The number of oxazole rings is 1. The first-order valence-corrected chi connectivity index (χ1v) is 5.23. The first-order chi connectivity index (χ1) is 7.99. The van der Waals surface area contributed by atoms with Gasteiger partial charge in [-0.2, -0.15) is 5.10 Å².